The highest BCUT2D eigenvalue weighted by atomic mass is 16.3. The minimum absolute atomic E-state index is 0.0373. The molecule has 0 aliphatic carbocycles. The molecule has 0 fully saturated rings. The topological polar surface area (TPSA) is 13.1 Å². The average Bonchev–Trinajstić information content (AvgIpc) is 3.72. The molecular weight excluding hydrogens is 617 g/mol. The van der Waals surface area contributed by atoms with Gasteiger partial charge in [0.2, 0.25) is 0 Å². The quantitative estimate of drug-likeness (QED) is 0.172. The van der Waals surface area contributed by atoms with Crippen LogP contribution in [0.15, 0.2) is 186 Å². The number of benzene rings is 10. The van der Waals surface area contributed by atoms with Crippen LogP contribution < -0.4 is 0 Å². The fourth-order valence-electron chi connectivity index (χ4n) is 7.61. The molecule has 0 spiro atoms. The van der Waals surface area contributed by atoms with Crippen LogP contribution in [0, 0.1) is 0 Å². The Bertz CT molecular complexity index is 3980. The molecule has 0 saturated heterocycles. The minimum atomic E-state index is -0.740. The summed E-state index contributed by atoms with van der Waals surface area (Å²) in [4.78, 5) is 0. The molecule has 0 amide bonds. The van der Waals surface area contributed by atoms with Crippen LogP contribution in [0.4, 0.5) is 0 Å². The molecule has 0 N–H and O–H groups in total. The van der Waals surface area contributed by atoms with Crippen molar-refractivity contribution in [2.75, 3.05) is 0 Å². The van der Waals surface area contributed by atoms with Gasteiger partial charge in [-0.1, -0.05) is 163 Å². The van der Waals surface area contributed by atoms with Crippen molar-refractivity contribution in [3.05, 3.63) is 182 Å². The number of hydrogen-bond acceptors (Lipinski definition) is 1. The van der Waals surface area contributed by atoms with Crippen molar-refractivity contribution in [3.8, 4) is 33.4 Å². The summed E-state index contributed by atoms with van der Waals surface area (Å²) in [5.74, 6) is 0. The third kappa shape index (κ3) is 4.16. The first-order valence-electron chi connectivity index (χ1n) is 23.9. The van der Waals surface area contributed by atoms with E-state index in [4.69, 9.17) is 16.8 Å². The van der Waals surface area contributed by atoms with Crippen LogP contribution in [-0.4, -0.2) is 0 Å². The van der Waals surface area contributed by atoms with E-state index in [1.807, 2.05) is 78.9 Å². The Balaban J connectivity index is 1.34. The summed E-state index contributed by atoms with van der Waals surface area (Å²) in [6.45, 7) is 0. The zero-order valence-corrected chi connectivity index (χ0v) is 26.6. The fraction of sp³-hybridized carbons (Fsp3) is 0. The molecule has 1 heteroatoms. The fourth-order valence-corrected chi connectivity index (χ4v) is 7.61. The highest BCUT2D eigenvalue weighted by Crippen LogP contribution is 2.48. The maximum absolute atomic E-state index is 9.54. The van der Waals surface area contributed by atoms with Gasteiger partial charge in [-0.25, -0.2) is 0 Å². The molecule has 11 rings (SSSR count). The summed E-state index contributed by atoms with van der Waals surface area (Å²) in [5, 5.41) is 3.29. The first kappa shape index (κ1) is 17.3. The van der Waals surface area contributed by atoms with Crippen LogP contribution in [0.2, 0.25) is 0 Å². The summed E-state index contributed by atoms with van der Waals surface area (Å²) >= 11 is 0. The molecule has 0 saturated carbocycles. The second-order valence-electron chi connectivity index (χ2n) is 12.4. The van der Waals surface area contributed by atoms with E-state index in [1.54, 1.807) is 12.1 Å². The van der Waals surface area contributed by atoms with Crippen molar-refractivity contribution in [2.45, 2.75) is 0 Å². The van der Waals surface area contributed by atoms with Crippen LogP contribution in [0.1, 0.15) is 20.6 Å². The van der Waals surface area contributed by atoms with E-state index in [0.29, 0.717) is 27.5 Å². The second kappa shape index (κ2) is 10.9. The molecule has 1 aromatic heterocycles. The van der Waals surface area contributed by atoms with Gasteiger partial charge in [-0.15, -0.1) is 0 Å². The molecule has 0 unspecified atom stereocenters. The first-order chi connectivity index (χ1) is 31.6. The Morgan fingerprint density at radius 1 is 0.353 bits per heavy atom. The van der Waals surface area contributed by atoms with Crippen LogP contribution in [0.25, 0.3) is 109 Å². The zero-order valence-electron chi connectivity index (χ0n) is 41.6. The van der Waals surface area contributed by atoms with Crippen molar-refractivity contribution in [2.24, 2.45) is 0 Å². The molecular formula is C50H30O. The third-order valence-corrected chi connectivity index (χ3v) is 9.75. The summed E-state index contributed by atoms with van der Waals surface area (Å²) in [5.41, 5.74) is 2.51. The van der Waals surface area contributed by atoms with E-state index in [-0.39, 0.29) is 32.7 Å². The molecule has 0 aliphatic rings. The van der Waals surface area contributed by atoms with E-state index >= 15 is 0 Å². The standard InChI is InChI=1S/C50H30O/c1-2-14-33-30-34(25-24-31(33)12-1)47-40-18-7-9-20-42(40)48(43-21-10-8-19-41(43)47)44-28-27-38(36-16-5-6-17-37(36)44)39-22-11-23-45-50(39)49-35-15-4-3-13-32(35)26-29-46(49)51-45/h1-30H/i1D,2D,7D,8D,9D,10D,12D,14D,18D,19D,20D,21D,24D,25D,30D. The van der Waals surface area contributed by atoms with E-state index in [9.17, 15) is 8.22 Å². The first-order valence-corrected chi connectivity index (χ1v) is 16.4. The van der Waals surface area contributed by atoms with Crippen molar-refractivity contribution in [3.63, 3.8) is 0 Å². The average molecular weight is 662 g/mol. The van der Waals surface area contributed by atoms with Gasteiger partial charge in [-0.2, -0.15) is 0 Å². The van der Waals surface area contributed by atoms with Crippen LogP contribution in [0.3, 0.4) is 0 Å². The predicted octanol–water partition coefficient (Wildman–Crippen LogP) is 14.4. The number of furan rings is 1. The van der Waals surface area contributed by atoms with E-state index in [2.05, 4.69) is 0 Å². The Kier molecular flexibility index (Phi) is 3.70. The SMILES string of the molecule is [2H]c1c([2H])c([2H])c2c([2H])c(-c3c4c([2H])c([2H])c([2H])c([2H])c4c(-c4ccc(-c5cccc6oc7ccc8ccccc8c7c56)c5ccccc45)c4c([2H])c([2H])c([2H])c([2H])c34)c([2H])c([2H])c2c1[2H]. The molecule has 0 bridgehead atoms. The van der Waals surface area contributed by atoms with Gasteiger partial charge in [-0.05, 0) is 105 Å². The normalized spacial score (nSPS) is 16.0. The van der Waals surface area contributed by atoms with Gasteiger partial charge in [0.1, 0.15) is 11.2 Å². The third-order valence-electron chi connectivity index (χ3n) is 9.75. The van der Waals surface area contributed by atoms with Gasteiger partial charge in [-0.3, -0.25) is 0 Å². The van der Waals surface area contributed by atoms with Crippen LogP contribution in [-0.2, 0) is 0 Å². The molecule has 0 radical (unpaired) electrons. The smallest absolute Gasteiger partial charge is 0.136 e. The summed E-state index contributed by atoms with van der Waals surface area (Å²) in [6.07, 6.45) is 0. The Labute approximate surface area is 315 Å². The molecule has 10 aromatic carbocycles. The summed E-state index contributed by atoms with van der Waals surface area (Å²) in [6, 6.07) is 18.8. The highest BCUT2D eigenvalue weighted by molar-refractivity contribution is 6.27. The van der Waals surface area contributed by atoms with Gasteiger partial charge < -0.3 is 4.42 Å². The number of fused-ring (bicyclic) bond motifs is 9. The minimum Gasteiger partial charge on any atom is -0.456 e. The lowest BCUT2D eigenvalue weighted by atomic mass is 9.83. The van der Waals surface area contributed by atoms with Gasteiger partial charge >= 0.3 is 0 Å². The Morgan fingerprint density at radius 3 is 1.73 bits per heavy atom. The van der Waals surface area contributed by atoms with E-state index < -0.39 is 107 Å². The van der Waals surface area contributed by atoms with Crippen molar-refractivity contribution in [1.29, 1.82) is 0 Å². The van der Waals surface area contributed by atoms with Gasteiger partial charge in [0.25, 0.3) is 0 Å². The van der Waals surface area contributed by atoms with Crippen molar-refractivity contribution < 1.29 is 25.0 Å². The maximum atomic E-state index is 9.54. The maximum Gasteiger partial charge on any atom is 0.136 e. The monoisotopic (exact) mass is 661 g/mol. The lowest BCUT2D eigenvalue weighted by Crippen LogP contribution is -1.92. The van der Waals surface area contributed by atoms with Crippen molar-refractivity contribution in [1.82, 2.24) is 0 Å². The van der Waals surface area contributed by atoms with Crippen molar-refractivity contribution >= 4 is 75.8 Å². The molecule has 1 nitrogen and oxygen atoms in total. The number of rotatable bonds is 3. The molecule has 0 atom stereocenters. The van der Waals surface area contributed by atoms with E-state index in [1.165, 1.54) is 0 Å². The molecule has 51 heavy (non-hydrogen) atoms. The second-order valence-corrected chi connectivity index (χ2v) is 12.4. The van der Waals surface area contributed by atoms with E-state index in [0.717, 1.165) is 32.7 Å². The molecule has 1 heterocycles. The molecule has 11 aromatic rings. The van der Waals surface area contributed by atoms with Gasteiger partial charge in [0.05, 0.1) is 20.6 Å². The largest absolute Gasteiger partial charge is 0.456 e. The van der Waals surface area contributed by atoms with Crippen LogP contribution >= 0.6 is 0 Å². The summed E-state index contributed by atoms with van der Waals surface area (Å²) < 4.78 is 142. The Hall–Kier alpha value is -6.70. The lowest BCUT2D eigenvalue weighted by molar-refractivity contribution is 0.669. The van der Waals surface area contributed by atoms with Gasteiger partial charge in [0, 0.05) is 10.8 Å². The highest BCUT2D eigenvalue weighted by Gasteiger charge is 2.21. The lowest BCUT2D eigenvalue weighted by Gasteiger charge is -2.20. The van der Waals surface area contributed by atoms with Crippen LogP contribution in [0.5, 0.6) is 0 Å². The zero-order chi connectivity index (χ0) is 46.5. The summed E-state index contributed by atoms with van der Waals surface area (Å²) in [7, 11) is 0. The number of hydrogen-bond donors (Lipinski definition) is 0. The van der Waals surface area contributed by atoms with Gasteiger partial charge in [0.15, 0.2) is 0 Å². The molecule has 0 aliphatic heterocycles. The molecule has 236 valence electrons. The Morgan fingerprint density at radius 2 is 0.961 bits per heavy atom. The predicted molar refractivity (Wildman–Crippen MR) is 218 cm³/mol.